The van der Waals surface area contributed by atoms with Crippen LogP contribution in [0.2, 0.25) is 0 Å². The zero-order valence-electron chi connectivity index (χ0n) is 4.36. The molecule has 0 fully saturated rings. The summed E-state index contributed by atoms with van der Waals surface area (Å²) in [6, 6.07) is 0. The smallest absolute Gasteiger partial charge is 0.293 e. The number of rotatable bonds is 1. The van der Waals surface area contributed by atoms with E-state index >= 15 is 0 Å². The maximum Gasteiger partial charge on any atom is 1.00 e. The van der Waals surface area contributed by atoms with Gasteiger partial charge in [0.05, 0.1) is 0 Å². The van der Waals surface area contributed by atoms with Gasteiger partial charge in [-0.15, -0.1) is 6.92 Å². The molecule has 6 heavy (non-hydrogen) atoms. The van der Waals surface area contributed by atoms with E-state index in [2.05, 4.69) is 6.58 Å². The number of hydrogen-bond donors (Lipinski definition) is 0. The predicted octanol–water partition coefficient (Wildman–Crippen LogP) is -1.44. The fourth-order valence-corrected chi connectivity index (χ4v) is 0. The molecule has 0 aromatic heterocycles. The third-order valence-corrected chi connectivity index (χ3v) is 0.285. The molecule has 0 spiro atoms. The van der Waals surface area contributed by atoms with Gasteiger partial charge in [-0.2, -0.15) is 6.58 Å². The average molecular weight is 90.1 g/mol. The van der Waals surface area contributed by atoms with Crippen molar-refractivity contribution in [3.8, 4) is 0 Å². The minimum atomic E-state index is 0. The molecule has 28 valence electrons. The van der Waals surface area contributed by atoms with Crippen LogP contribution in [0.3, 0.4) is 0 Å². The Kier molecular flexibility index (Phi) is 8.86. The van der Waals surface area contributed by atoms with Crippen LogP contribution in [0.15, 0.2) is 18.2 Å². The van der Waals surface area contributed by atoms with E-state index in [9.17, 15) is 0 Å². The quantitative estimate of drug-likeness (QED) is 0.210. The topological polar surface area (TPSA) is 0 Å². The van der Waals surface area contributed by atoms with Crippen molar-refractivity contribution in [2.75, 3.05) is 0 Å². The van der Waals surface area contributed by atoms with Gasteiger partial charge < -0.3 is 0 Å². The van der Waals surface area contributed by atoms with E-state index in [4.69, 9.17) is 6.58 Å². The molecule has 0 heterocycles. The summed E-state index contributed by atoms with van der Waals surface area (Å²) in [5.74, 6) is 0. The van der Waals surface area contributed by atoms with Crippen molar-refractivity contribution in [3.05, 3.63) is 24.8 Å². The monoisotopic (exact) mass is 90.0 g/mol. The van der Waals surface area contributed by atoms with Crippen LogP contribution >= 0.6 is 0 Å². The van der Waals surface area contributed by atoms with E-state index in [1.807, 2.05) is 6.92 Å². The van der Waals surface area contributed by atoms with Gasteiger partial charge in [0, 0.05) is 0 Å². The maximum absolute atomic E-state index is 4.95. The van der Waals surface area contributed by atoms with Gasteiger partial charge in [0.25, 0.3) is 0 Å². The van der Waals surface area contributed by atoms with E-state index in [-0.39, 0.29) is 29.6 Å². The first-order valence-corrected chi connectivity index (χ1v) is 1.48. The van der Waals surface area contributed by atoms with Crippen molar-refractivity contribution < 1.29 is 29.6 Å². The molecule has 0 atom stereocenters. The summed E-state index contributed by atoms with van der Waals surface area (Å²) in [5.41, 5.74) is 0.907. The van der Waals surface area contributed by atoms with Gasteiger partial charge in [0.15, 0.2) is 0 Å². The molecular formula is C5H7Na. The van der Waals surface area contributed by atoms with Crippen molar-refractivity contribution >= 4 is 0 Å². The Morgan fingerprint density at radius 3 is 2.00 bits per heavy atom. The number of allylic oxidation sites excluding steroid dienone is 2. The second kappa shape index (κ2) is 5.48. The van der Waals surface area contributed by atoms with E-state index in [0.717, 1.165) is 5.57 Å². The normalized spacial score (nSPS) is 5.50. The van der Waals surface area contributed by atoms with E-state index < -0.39 is 0 Å². The Balaban J connectivity index is 0. The van der Waals surface area contributed by atoms with Crippen LogP contribution in [0.25, 0.3) is 0 Å². The first-order valence-electron chi connectivity index (χ1n) is 1.48. The molecule has 0 aliphatic rings. The van der Waals surface area contributed by atoms with Crippen LogP contribution in [0, 0.1) is 6.58 Å². The molecular weight excluding hydrogens is 83.0 g/mol. The maximum atomic E-state index is 4.95. The summed E-state index contributed by atoms with van der Waals surface area (Å²) >= 11 is 0. The van der Waals surface area contributed by atoms with Gasteiger partial charge in [-0.3, -0.25) is 6.58 Å². The van der Waals surface area contributed by atoms with E-state index in [1.165, 1.54) is 6.08 Å². The molecule has 0 aromatic rings. The molecule has 0 rings (SSSR count). The SMILES string of the molecule is [CH-]=CC(=C)C.[Na+]. The third-order valence-electron chi connectivity index (χ3n) is 0.285. The first kappa shape index (κ1) is 9.70. The van der Waals surface area contributed by atoms with Gasteiger partial charge in [0.1, 0.15) is 0 Å². The molecule has 0 radical (unpaired) electrons. The van der Waals surface area contributed by atoms with Gasteiger partial charge >= 0.3 is 29.6 Å². The minimum absolute atomic E-state index is 0. The molecule has 0 aliphatic carbocycles. The Hall–Kier alpha value is 0.480. The zero-order valence-corrected chi connectivity index (χ0v) is 6.36. The van der Waals surface area contributed by atoms with Crippen LogP contribution in [-0.2, 0) is 0 Å². The van der Waals surface area contributed by atoms with Gasteiger partial charge in [-0.05, 0) is 0 Å². The van der Waals surface area contributed by atoms with Crippen LogP contribution in [0.5, 0.6) is 0 Å². The fraction of sp³-hybridized carbons (Fsp3) is 0.200. The van der Waals surface area contributed by atoms with Gasteiger partial charge in [0.2, 0.25) is 0 Å². The Morgan fingerprint density at radius 2 is 2.00 bits per heavy atom. The third kappa shape index (κ3) is 8.82. The van der Waals surface area contributed by atoms with Gasteiger partial charge in [-0.1, -0.05) is 0 Å². The van der Waals surface area contributed by atoms with Crippen LogP contribution in [0.4, 0.5) is 0 Å². The molecule has 0 N–H and O–H groups in total. The largest absolute Gasteiger partial charge is 1.00 e. The molecule has 0 aromatic carbocycles. The Labute approximate surface area is 61.2 Å². The Bertz CT molecular complexity index is 55.0. The number of hydrogen-bond acceptors (Lipinski definition) is 0. The Morgan fingerprint density at radius 1 is 1.83 bits per heavy atom. The summed E-state index contributed by atoms with van der Waals surface area (Å²) in [4.78, 5) is 0. The fourth-order valence-electron chi connectivity index (χ4n) is 0. The minimum Gasteiger partial charge on any atom is -0.293 e. The second-order valence-corrected chi connectivity index (χ2v) is 1.01. The molecule has 0 aliphatic heterocycles. The predicted molar refractivity (Wildman–Crippen MR) is 23.7 cm³/mol. The molecule has 0 saturated heterocycles. The molecule has 0 amide bonds. The molecule has 0 unspecified atom stereocenters. The van der Waals surface area contributed by atoms with Crippen molar-refractivity contribution in [2.45, 2.75) is 6.92 Å². The van der Waals surface area contributed by atoms with Gasteiger partial charge in [-0.25, -0.2) is 11.6 Å². The summed E-state index contributed by atoms with van der Waals surface area (Å²) in [7, 11) is 0. The van der Waals surface area contributed by atoms with Crippen molar-refractivity contribution in [2.24, 2.45) is 0 Å². The van der Waals surface area contributed by atoms with E-state index in [1.54, 1.807) is 0 Å². The summed E-state index contributed by atoms with van der Waals surface area (Å²) < 4.78 is 0. The zero-order chi connectivity index (χ0) is 4.28. The van der Waals surface area contributed by atoms with Crippen molar-refractivity contribution in [1.29, 1.82) is 0 Å². The average Bonchev–Trinajstić information content (AvgIpc) is 1.38. The summed E-state index contributed by atoms with van der Waals surface area (Å²) in [5, 5.41) is 0. The van der Waals surface area contributed by atoms with E-state index in [0.29, 0.717) is 0 Å². The second-order valence-electron chi connectivity index (χ2n) is 1.01. The standard InChI is InChI=1S/C5H7.Na/c1-4-5(2)3;/h1,4H,2H2,3H3;/q-1;+1. The first-order chi connectivity index (χ1) is 2.27. The van der Waals surface area contributed by atoms with Crippen molar-refractivity contribution in [1.82, 2.24) is 0 Å². The molecule has 0 saturated carbocycles. The molecule has 0 nitrogen and oxygen atoms in total. The van der Waals surface area contributed by atoms with Crippen molar-refractivity contribution in [3.63, 3.8) is 0 Å². The van der Waals surface area contributed by atoms with Crippen LogP contribution in [0.1, 0.15) is 6.92 Å². The molecule has 0 bridgehead atoms. The molecule has 1 heteroatoms. The summed E-state index contributed by atoms with van der Waals surface area (Å²) in [6.07, 6.45) is 1.47. The summed E-state index contributed by atoms with van der Waals surface area (Å²) in [6.45, 7) is 10.3. The van der Waals surface area contributed by atoms with Crippen LogP contribution < -0.4 is 29.6 Å². The van der Waals surface area contributed by atoms with Crippen LogP contribution in [-0.4, -0.2) is 0 Å².